The lowest BCUT2D eigenvalue weighted by Crippen LogP contribution is -2.49. The van der Waals surface area contributed by atoms with E-state index in [9.17, 15) is 4.79 Å². The zero-order valence-corrected chi connectivity index (χ0v) is 13.7. The van der Waals surface area contributed by atoms with Crippen molar-refractivity contribution in [3.63, 3.8) is 0 Å². The Hall–Kier alpha value is -1.91. The van der Waals surface area contributed by atoms with E-state index in [0.29, 0.717) is 5.56 Å². The van der Waals surface area contributed by atoms with Gasteiger partial charge in [-0.15, -0.1) is 0 Å². The number of hydrogen-bond donors (Lipinski definition) is 0. The molecule has 0 N–H and O–H groups in total. The fraction of sp³-hybridized carbons (Fsp3) is 0.333. The Labute approximate surface area is 141 Å². The standard InChI is InChI=1S/C18H20ClN3O/c19-17-5-1-3-15(13-17)6-8-21-9-11-22(12-10-21)18(23)16-4-2-7-20-14-16/h1-5,7,13-14H,6,8-12H2. The Morgan fingerprint density at radius 2 is 1.96 bits per heavy atom. The third-order valence-electron chi connectivity index (χ3n) is 4.17. The molecule has 1 fully saturated rings. The van der Waals surface area contributed by atoms with Crippen LogP contribution in [-0.2, 0) is 6.42 Å². The van der Waals surface area contributed by atoms with Gasteiger partial charge in [0.25, 0.3) is 5.91 Å². The number of nitrogens with zero attached hydrogens (tertiary/aromatic N) is 3. The van der Waals surface area contributed by atoms with Gasteiger partial charge >= 0.3 is 0 Å². The highest BCUT2D eigenvalue weighted by molar-refractivity contribution is 6.30. The highest BCUT2D eigenvalue weighted by atomic mass is 35.5. The van der Waals surface area contributed by atoms with Crippen molar-refractivity contribution in [3.05, 3.63) is 64.9 Å². The molecule has 0 spiro atoms. The van der Waals surface area contributed by atoms with Gasteiger partial charge in [0.2, 0.25) is 0 Å². The van der Waals surface area contributed by atoms with Crippen molar-refractivity contribution in [2.75, 3.05) is 32.7 Å². The lowest BCUT2D eigenvalue weighted by atomic mass is 10.1. The molecule has 0 aliphatic carbocycles. The van der Waals surface area contributed by atoms with Gasteiger partial charge in [0.15, 0.2) is 0 Å². The normalized spacial score (nSPS) is 15.6. The molecular weight excluding hydrogens is 310 g/mol. The van der Waals surface area contributed by atoms with Crippen LogP contribution in [0.15, 0.2) is 48.8 Å². The van der Waals surface area contributed by atoms with Crippen molar-refractivity contribution in [1.82, 2.24) is 14.8 Å². The first-order valence-corrected chi connectivity index (χ1v) is 8.26. The molecule has 2 aromatic rings. The number of benzene rings is 1. The van der Waals surface area contributed by atoms with E-state index >= 15 is 0 Å². The molecule has 23 heavy (non-hydrogen) atoms. The summed E-state index contributed by atoms with van der Waals surface area (Å²) in [6.45, 7) is 4.35. The molecule has 120 valence electrons. The second-order valence-corrected chi connectivity index (χ2v) is 6.19. The molecule has 0 unspecified atom stereocenters. The van der Waals surface area contributed by atoms with E-state index in [1.165, 1.54) is 5.56 Å². The van der Waals surface area contributed by atoms with Crippen LogP contribution in [0.2, 0.25) is 5.02 Å². The number of amides is 1. The maximum absolute atomic E-state index is 12.4. The van der Waals surface area contributed by atoms with E-state index in [2.05, 4.69) is 16.0 Å². The Morgan fingerprint density at radius 1 is 1.13 bits per heavy atom. The number of pyridine rings is 1. The van der Waals surface area contributed by atoms with Gasteiger partial charge in [-0.25, -0.2) is 0 Å². The number of rotatable bonds is 4. The predicted octanol–water partition coefficient (Wildman–Crippen LogP) is 2.74. The molecule has 5 heteroatoms. The van der Waals surface area contributed by atoms with E-state index in [1.807, 2.05) is 29.2 Å². The molecule has 4 nitrogen and oxygen atoms in total. The Morgan fingerprint density at radius 3 is 2.65 bits per heavy atom. The van der Waals surface area contributed by atoms with Crippen LogP contribution < -0.4 is 0 Å². The molecule has 0 radical (unpaired) electrons. The molecule has 1 aromatic carbocycles. The van der Waals surface area contributed by atoms with Gasteiger partial charge in [-0.1, -0.05) is 23.7 Å². The van der Waals surface area contributed by atoms with Crippen LogP contribution in [0.25, 0.3) is 0 Å². The van der Waals surface area contributed by atoms with Crippen LogP contribution in [0.4, 0.5) is 0 Å². The summed E-state index contributed by atoms with van der Waals surface area (Å²) in [6.07, 6.45) is 4.30. The molecule has 1 aliphatic rings. The van der Waals surface area contributed by atoms with E-state index in [1.54, 1.807) is 18.5 Å². The number of carbonyl (C=O) groups is 1. The molecule has 3 rings (SSSR count). The summed E-state index contributed by atoms with van der Waals surface area (Å²) in [6, 6.07) is 11.6. The maximum atomic E-state index is 12.4. The zero-order chi connectivity index (χ0) is 16.1. The van der Waals surface area contributed by atoms with Gasteiger partial charge in [-0.2, -0.15) is 0 Å². The smallest absolute Gasteiger partial charge is 0.255 e. The molecule has 0 bridgehead atoms. The SMILES string of the molecule is O=C(c1cccnc1)N1CCN(CCc2cccc(Cl)c2)CC1. The topological polar surface area (TPSA) is 36.4 Å². The summed E-state index contributed by atoms with van der Waals surface area (Å²) >= 11 is 6.02. The van der Waals surface area contributed by atoms with Gasteiger partial charge in [0.05, 0.1) is 5.56 Å². The summed E-state index contributed by atoms with van der Waals surface area (Å²) in [7, 11) is 0. The van der Waals surface area contributed by atoms with Gasteiger partial charge in [0.1, 0.15) is 0 Å². The first-order chi connectivity index (χ1) is 11.2. The third-order valence-corrected chi connectivity index (χ3v) is 4.41. The fourth-order valence-electron chi connectivity index (χ4n) is 2.83. The van der Waals surface area contributed by atoms with E-state index < -0.39 is 0 Å². The Balaban J connectivity index is 1.48. The highest BCUT2D eigenvalue weighted by Crippen LogP contribution is 2.13. The van der Waals surface area contributed by atoms with Crippen LogP contribution >= 0.6 is 11.6 Å². The number of hydrogen-bond acceptors (Lipinski definition) is 3. The number of carbonyl (C=O) groups excluding carboxylic acids is 1. The monoisotopic (exact) mass is 329 g/mol. The van der Waals surface area contributed by atoms with Crippen molar-refractivity contribution in [2.24, 2.45) is 0 Å². The second kappa shape index (κ2) is 7.57. The van der Waals surface area contributed by atoms with Gasteiger partial charge in [0, 0.05) is 50.1 Å². The molecule has 2 heterocycles. The van der Waals surface area contributed by atoms with Crippen molar-refractivity contribution < 1.29 is 4.79 Å². The minimum absolute atomic E-state index is 0.0765. The summed E-state index contributed by atoms with van der Waals surface area (Å²) in [5.41, 5.74) is 1.92. The summed E-state index contributed by atoms with van der Waals surface area (Å²) in [5.74, 6) is 0.0765. The third kappa shape index (κ3) is 4.30. The van der Waals surface area contributed by atoms with E-state index in [4.69, 9.17) is 11.6 Å². The van der Waals surface area contributed by atoms with Gasteiger partial charge in [-0.3, -0.25) is 14.7 Å². The first kappa shape index (κ1) is 16.0. The van der Waals surface area contributed by atoms with E-state index in [-0.39, 0.29) is 5.91 Å². The largest absolute Gasteiger partial charge is 0.336 e. The van der Waals surface area contributed by atoms with Crippen LogP contribution in [0, 0.1) is 0 Å². The van der Waals surface area contributed by atoms with Crippen LogP contribution in [0.5, 0.6) is 0 Å². The second-order valence-electron chi connectivity index (χ2n) is 5.76. The molecule has 1 amide bonds. The van der Waals surface area contributed by atoms with Crippen molar-refractivity contribution in [1.29, 1.82) is 0 Å². The molecule has 1 aliphatic heterocycles. The van der Waals surface area contributed by atoms with Crippen molar-refractivity contribution in [2.45, 2.75) is 6.42 Å². The minimum atomic E-state index is 0.0765. The van der Waals surface area contributed by atoms with Crippen LogP contribution in [0.1, 0.15) is 15.9 Å². The first-order valence-electron chi connectivity index (χ1n) is 7.88. The maximum Gasteiger partial charge on any atom is 0.255 e. The molecular formula is C18H20ClN3O. The fourth-order valence-corrected chi connectivity index (χ4v) is 3.04. The zero-order valence-electron chi connectivity index (χ0n) is 13.0. The number of halogens is 1. The predicted molar refractivity (Wildman–Crippen MR) is 91.7 cm³/mol. The summed E-state index contributed by atoms with van der Waals surface area (Å²) < 4.78 is 0. The number of aromatic nitrogens is 1. The van der Waals surface area contributed by atoms with Gasteiger partial charge in [-0.05, 0) is 36.2 Å². The van der Waals surface area contributed by atoms with Crippen LogP contribution in [-0.4, -0.2) is 53.4 Å². The van der Waals surface area contributed by atoms with Crippen molar-refractivity contribution in [3.8, 4) is 0 Å². The molecule has 0 atom stereocenters. The molecule has 0 saturated carbocycles. The number of piperazine rings is 1. The molecule has 1 aromatic heterocycles. The Bertz CT molecular complexity index is 654. The van der Waals surface area contributed by atoms with Crippen LogP contribution in [0.3, 0.4) is 0 Å². The average molecular weight is 330 g/mol. The minimum Gasteiger partial charge on any atom is -0.336 e. The lowest BCUT2D eigenvalue weighted by molar-refractivity contribution is 0.0638. The highest BCUT2D eigenvalue weighted by Gasteiger charge is 2.21. The lowest BCUT2D eigenvalue weighted by Gasteiger charge is -2.34. The van der Waals surface area contributed by atoms with Gasteiger partial charge < -0.3 is 4.90 Å². The quantitative estimate of drug-likeness (QED) is 0.865. The molecule has 1 saturated heterocycles. The summed E-state index contributed by atoms with van der Waals surface area (Å²) in [4.78, 5) is 20.7. The summed E-state index contributed by atoms with van der Waals surface area (Å²) in [5, 5.41) is 0.786. The average Bonchev–Trinajstić information content (AvgIpc) is 2.61. The van der Waals surface area contributed by atoms with Crippen molar-refractivity contribution >= 4 is 17.5 Å². The van der Waals surface area contributed by atoms with E-state index in [0.717, 1.165) is 44.2 Å². The Kier molecular flexibility index (Phi) is 5.26.